The molecule has 0 saturated heterocycles. The lowest BCUT2D eigenvalue weighted by atomic mass is 10.3. The largest absolute Gasteiger partial charge is 0.280 e. The molecular weight excluding hydrogens is 322 g/mol. The van der Waals surface area contributed by atoms with Gasteiger partial charge in [0.1, 0.15) is 0 Å². The van der Waals surface area contributed by atoms with Crippen LogP contribution in [0.1, 0.15) is 13.8 Å². The average Bonchev–Trinajstić information content (AvgIpc) is 2.48. The molecule has 0 spiro atoms. The highest BCUT2D eigenvalue weighted by Gasteiger charge is 2.19. The number of hydrogen-bond donors (Lipinski definition) is 1. The van der Waals surface area contributed by atoms with E-state index in [4.69, 9.17) is 0 Å². The second-order valence-electron chi connectivity index (χ2n) is 5.04. The molecule has 2 aromatic carbocycles. The monoisotopic (exact) mass is 339 g/mol. The van der Waals surface area contributed by atoms with Gasteiger partial charge in [0.25, 0.3) is 10.0 Å². The van der Waals surface area contributed by atoms with Gasteiger partial charge in [-0.3, -0.25) is 4.72 Å². The lowest BCUT2D eigenvalue weighted by Gasteiger charge is -2.10. The van der Waals surface area contributed by atoms with Crippen molar-refractivity contribution < 1.29 is 16.8 Å². The minimum atomic E-state index is -3.68. The smallest absolute Gasteiger partial charge is 0.261 e. The zero-order valence-corrected chi connectivity index (χ0v) is 13.9. The summed E-state index contributed by atoms with van der Waals surface area (Å²) < 4.78 is 50.8. The molecule has 0 aliphatic rings. The molecule has 22 heavy (non-hydrogen) atoms. The van der Waals surface area contributed by atoms with Crippen LogP contribution in [0.4, 0.5) is 5.69 Å². The molecule has 0 aromatic heterocycles. The molecule has 0 radical (unpaired) electrons. The zero-order valence-electron chi connectivity index (χ0n) is 12.2. The van der Waals surface area contributed by atoms with Gasteiger partial charge in [-0.15, -0.1) is 0 Å². The molecule has 0 bridgehead atoms. The van der Waals surface area contributed by atoms with Crippen molar-refractivity contribution in [3.8, 4) is 0 Å². The first-order valence-electron chi connectivity index (χ1n) is 6.65. The maximum Gasteiger partial charge on any atom is 0.261 e. The fourth-order valence-electron chi connectivity index (χ4n) is 1.80. The van der Waals surface area contributed by atoms with E-state index in [1.165, 1.54) is 36.4 Å². The van der Waals surface area contributed by atoms with Crippen molar-refractivity contribution in [3.63, 3.8) is 0 Å². The number of anilines is 1. The summed E-state index contributed by atoms with van der Waals surface area (Å²) in [6, 6.07) is 13.6. The zero-order chi connectivity index (χ0) is 16.4. The van der Waals surface area contributed by atoms with Gasteiger partial charge in [0.05, 0.1) is 15.0 Å². The van der Waals surface area contributed by atoms with Gasteiger partial charge in [-0.25, -0.2) is 16.8 Å². The Balaban J connectivity index is 2.26. The first-order chi connectivity index (χ1) is 10.2. The molecule has 5 nitrogen and oxygen atoms in total. The summed E-state index contributed by atoms with van der Waals surface area (Å²) in [5, 5.41) is -0.528. The van der Waals surface area contributed by atoms with Gasteiger partial charge in [0.15, 0.2) is 9.84 Å². The van der Waals surface area contributed by atoms with E-state index in [2.05, 4.69) is 4.72 Å². The highest BCUT2D eigenvalue weighted by Crippen LogP contribution is 2.20. The summed E-state index contributed by atoms with van der Waals surface area (Å²) in [6.07, 6.45) is 0. The van der Waals surface area contributed by atoms with Crippen molar-refractivity contribution in [2.75, 3.05) is 4.72 Å². The number of benzene rings is 2. The van der Waals surface area contributed by atoms with Crippen LogP contribution in [0.2, 0.25) is 0 Å². The molecule has 0 unspecified atom stereocenters. The SMILES string of the molecule is CC(C)S(=O)(=O)c1ccc(NS(=O)(=O)c2ccccc2)cc1. The Morgan fingerprint density at radius 1 is 0.773 bits per heavy atom. The maximum absolute atomic E-state index is 12.2. The van der Waals surface area contributed by atoms with Gasteiger partial charge >= 0.3 is 0 Å². The van der Waals surface area contributed by atoms with Gasteiger partial charge in [-0.05, 0) is 50.2 Å². The van der Waals surface area contributed by atoms with Crippen LogP contribution in [0.5, 0.6) is 0 Å². The normalized spacial score (nSPS) is 12.3. The molecule has 118 valence electrons. The molecule has 7 heteroatoms. The summed E-state index contributed by atoms with van der Waals surface area (Å²) in [7, 11) is -7.04. The van der Waals surface area contributed by atoms with Gasteiger partial charge in [-0.2, -0.15) is 0 Å². The minimum Gasteiger partial charge on any atom is -0.280 e. The average molecular weight is 339 g/mol. The molecule has 2 aromatic rings. The molecule has 0 aliphatic heterocycles. The Kier molecular flexibility index (Phi) is 4.58. The van der Waals surface area contributed by atoms with E-state index in [-0.39, 0.29) is 9.79 Å². The second-order valence-corrected chi connectivity index (χ2v) is 9.22. The number of nitrogens with one attached hydrogen (secondary N) is 1. The maximum atomic E-state index is 12.2. The second kappa shape index (κ2) is 6.10. The first-order valence-corrected chi connectivity index (χ1v) is 9.68. The predicted molar refractivity (Wildman–Crippen MR) is 86.0 cm³/mol. The Morgan fingerprint density at radius 2 is 1.32 bits per heavy atom. The van der Waals surface area contributed by atoms with Crippen molar-refractivity contribution in [1.29, 1.82) is 0 Å². The summed E-state index contributed by atoms with van der Waals surface area (Å²) in [4.78, 5) is 0.319. The van der Waals surface area contributed by atoms with E-state index >= 15 is 0 Å². The van der Waals surface area contributed by atoms with Gasteiger partial charge < -0.3 is 0 Å². The Morgan fingerprint density at radius 3 is 1.82 bits per heavy atom. The van der Waals surface area contributed by atoms with Crippen molar-refractivity contribution >= 4 is 25.5 Å². The Hall–Kier alpha value is -1.86. The van der Waals surface area contributed by atoms with E-state index in [0.29, 0.717) is 5.69 Å². The molecule has 0 atom stereocenters. The van der Waals surface area contributed by atoms with E-state index < -0.39 is 25.1 Å². The van der Waals surface area contributed by atoms with E-state index in [1.807, 2.05) is 0 Å². The molecule has 0 heterocycles. The van der Waals surface area contributed by atoms with Crippen LogP contribution >= 0.6 is 0 Å². The molecule has 0 saturated carbocycles. The highest BCUT2D eigenvalue weighted by molar-refractivity contribution is 7.92. The number of sulfonamides is 1. The fourth-order valence-corrected chi connectivity index (χ4v) is 3.94. The van der Waals surface area contributed by atoms with Gasteiger partial charge in [-0.1, -0.05) is 18.2 Å². The van der Waals surface area contributed by atoms with Gasteiger partial charge in [0.2, 0.25) is 0 Å². The van der Waals surface area contributed by atoms with Crippen molar-refractivity contribution in [3.05, 3.63) is 54.6 Å². The third kappa shape index (κ3) is 3.48. The quantitative estimate of drug-likeness (QED) is 0.908. The summed E-state index contributed by atoms with van der Waals surface area (Å²) in [5.74, 6) is 0. The third-order valence-electron chi connectivity index (χ3n) is 3.11. The topological polar surface area (TPSA) is 80.3 Å². The van der Waals surface area contributed by atoms with Crippen LogP contribution in [-0.2, 0) is 19.9 Å². The summed E-state index contributed by atoms with van der Waals surface area (Å²) >= 11 is 0. The minimum absolute atomic E-state index is 0.147. The van der Waals surface area contributed by atoms with Crippen LogP contribution in [0, 0.1) is 0 Å². The summed E-state index contributed by atoms with van der Waals surface area (Å²) in [5.41, 5.74) is 0.312. The number of hydrogen-bond acceptors (Lipinski definition) is 4. The lowest BCUT2D eigenvalue weighted by Crippen LogP contribution is -2.15. The van der Waals surface area contributed by atoms with Crippen LogP contribution in [0.3, 0.4) is 0 Å². The molecular formula is C15H17NO4S2. The van der Waals surface area contributed by atoms with Crippen LogP contribution in [-0.4, -0.2) is 22.1 Å². The van der Waals surface area contributed by atoms with Crippen LogP contribution in [0.25, 0.3) is 0 Å². The highest BCUT2D eigenvalue weighted by atomic mass is 32.2. The van der Waals surface area contributed by atoms with Crippen molar-refractivity contribution in [2.45, 2.75) is 28.9 Å². The Labute approximate surface area is 131 Å². The third-order valence-corrected chi connectivity index (χ3v) is 6.68. The van der Waals surface area contributed by atoms with Crippen LogP contribution in [0.15, 0.2) is 64.4 Å². The van der Waals surface area contributed by atoms with E-state index in [9.17, 15) is 16.8 Å². The summed E-state index contributed by atoms with van der Waals surface area (Å²) in [6.45, 7) is 3.20. The first kappa shape index (κ1) is 16.5. The molecule has 0 aliphatic carbocycles. The van der Waals surface area contributed by atoms with Crippen molar-refractivity contribution in [2.24, 2.45) is 0 Å². The van der Waals surface area contributed by atoms with Crippen LogP contribution < -0.4 is 4.72 Å². The number of sulfone groups is 1. The standard InChI is InChI=1S/C15H17NO4S2/c1-12(2)21(17,18)14-10-8-13(9-11-14)16-22(19,20)15-6-4-3-5-7-15/h3-12,16H,1-2H3. The molecule has 1 N–H and O–H groups in total. The fraction of sp³-hybridized carbons (Fsp3) is 0.200. The molecule has 0 amide bonds. The molecule has 2 rings (SSSR count). The van der Waals surface area contributed by atoms with Gasteiger partial charge in [0, 0.05) is 5.69 Å². The number of rotatable bonds is 5. The predicted octanol–water partition coefficient (Wildman–Crippen LogP) is 2.67. The Bertz CT molecular complexity index is 840. The lowest BCUT2D eigenvalue weighted by molar-refractivity contribution is 0.587. The van der Waals surface area contributed by atoms with E-state index in [1.54, 1.807) is 32.0 Å². The molecule has 0 fully saturated rings. The van der Waals surface area contributed by atoms with E-state index in [0.717, 1.165) is 0 Å². The van der Waals surface area contributed by atoms with Crippen molar-refractivity contribution in [1.82, 2.24) is 0 Å².